The normalized spacial score (nSPS) is 17.4. The number of imidazole rings is 1. The Hall–Kier alpha value is -5.30. The lowest BCUT2D eigenvalue weighted by Gasteiger charge is -2.48. The molecule has 0 saturated carbocycles. The summed E-state index contributed by atoms with van der Waals surface area (Å²) in [5.41, 5.74) is 2.49. The molecule has 2 N–H and O–H groups in total. The van der Waals surface area contributed by atoms with Crippen LogP contribution >= 0.6 is 11.6 Å². The first-order chi connectivity index (χ1) is 24.2. The molecule has 0 spiro atoms. The van der Waals surface area contributed by atoms with Crippen LogP contribution in [0.5, 0.6) is 0 Å². The second kappa shape index (κ2) is 12.2. The lowest BCUT2D eigenvalue weighted by atomic mass is 9.93. The maximum atomic E-state index is 18.1. The van der Waals surface area contributed by atoms with Gasteiger partial charge in [-0.2, -0.15) is 0 Å². The average Bonchev–Trinajstić information content (AvgIpc) is 3.37. The summed E-state index contributed by atoms with van der Waals surface area (Å²) in [6.45, 7) is 15.2. The maximum Gasteiger partial charge on any atom is 0.326 e. The van der Waals surface area contributed by atoms with E-state index >= 15 is 9.18 Å². The minimum absolute atomic E-state index is 0.00942. The number of piperazine rings is 1. The number of anilines is 2. The third-order valence-electron chi connectivity index (χ3n) is 10.1. The lowest BCUT2D eigenvalue weighted by Crippen LogP contribution is -2.64. The van der Waals surface area contributed by atoms with Gasteiger partial charge in [0.2, 0.25) is 11.8 Å². The molecule has 1 fully saturated rings. The van der Waals surface area contributed by atoms with E-state index in [1.54, 1.807) is 42.0 Å². The molecule has 14 heteroatoms. The van der Waals surface area contributed by atoms with Gasteiger partial charge in [-0.25, -0.2) is 19.2 Å². The van der Waals surface area contributed by atoms with Crippen LogP contribution < -0.4 is 21.5 Å². The van der Waals surface area contributed by atoms with Gasteiger partial charge in [-0.15, -0.1) is 0 Å². The van der Waals surface area contributed by atoms with Crippen molar-refractivity contribution in [1.82, 2.24) is 29.0 Å². The molecule has 7 rings (SSSR count). The Kier molecular flexibility index (Phi) is 8.16. The van der Waals surface area contributed by atoms with E-state index in [4.69, 9.17) is 11.6 Å². The fourth-order valence-electron chi connectivity index (χ4n) is 7.63. The summed E-state index contributed by atoms with van der Waals surface area (Å²) in [5.74, 6) is -1.99. The fourth-order valence-corrected chi connectivity index (χ4v) is 7.91. The van der Waals surface area contributed by atoms with E-state index in [1.807, 2.05) is 34.6 Å². The molecule has 2 aliphatic rings. The molecular formula is C37H38ClFN8O4. The quantitative estimate of drug-likeness (QED) is 0.229. The first-order valence-electron chi connectivity index (χ1n) is 16.8. The molecule has 51 heavy (non-hydrogen) atoms. The zero-order valence-corrected chi connectivity index (χ0v) is 30.1. The number of rotatable bonds is 5. The number of halogens is 2. The van der Waals surface area contributed by atoms with Crippen molar-refractivity contribution in [1.29, 1.82) is 0 Å². The number of aromatic amines is 1. The van der Waals surface area contributed by atoms with Crippen molar-refractivity contribution in [2.24, 2.45) is 7.05 Å². The number of pyridine rings is 1. The highest BCUT2D eigenvalue weighted by Crippen LogP contribution is 2.46. The summed E-state index contributed by atoms with van der Waals surface area (Å²) in [5, 5.41) is 3.14. The Labute approximate surface area is 297 Å². The van der Waals surface area contributed by atoms with Crippen LogP contribution in [-0.4, -0.2) is 66.0 Å². The predicted molar refractivity (Wildman–Crippen MR) is 197 cm³/mol. The van der Waals surface area contributed by atoms with E-state index in [1.165, 1.54) is 21.5 Å². The third kappa shape index (κ3) is 5.00. The number of H-pyrrole nitrogens is 1. The Balaban J connectivity index is 1.67. The average molecular weight is 713 g/mol. The number of amides is 2. The minimum Gasteiger partial charge on any atom is -0.354 e. The molecule has 2 aromatic carbocycles. The summed E-state index contributed by atoms with van der Waals surface area (Å²) < 4.78 is 20.7. The minimum atomic E-state index is -0.875. The molecule has 264 valence electrons. The summed E-state index contributed by atoms with van der Waals surface area (Å²) >= 11 is 7.12. The highest BCUT2D eigenvalue weighted by molar-refractivity contribution is 6.35. The van der Waals surface area contributed by atoms with Crippen molar-refractivity contribution in [3.63, 3.8) is 0 Å². The van der Waals surface area contributed by atoms with E-state index < -0.39 is 23.3 Å². The SMILES string of the molecule is C=CC(=O)N1CC2C(=O)Nc3c(c4cc(Cl)c(-c5c(C)ccc6[nH]c(=O)n(C)c56)c(F)c4n(-c4c(C(C)C)ncnc4C(C)C)c3=O)N2CC1C. The van der Waals surface area contributed by atoms with Crippen LogP contribution in [0.4, 0.5) is 15.8 Å². The molecule has 2 atom stereocenters. The Bertz CT molecular complexity index is 2440. The number of nitrogens with zero attached hydrogens (tertiary/aromatic N) is 6. The highest BCUT2D eigenvalue weighted by atomic mass is 35.5. The van der Waals surface area contributed by atoms with Crippen molar-refractivity contribution in [2.45, 2.75) is 65.5 Å². The lowest BCUT2D eigenvalue weighted by molar-refractivity contribution is -0.130. The topological polar surface area (TPSA) is 138 Å². The van der Waals surface area contributed by atoms with Gasteiger partial charge in [0.05, 0.1) is 50.9 Å². The van der Waals surface area contributed by atoms with Crippen LogP contribution in [0.15, 0.2) is 46.8 Å². The zero-order valence-electron chi connectivity index (χ0n) is 29.4. The summed E-state index contributed by atoms with van der Waals surface area (Å²) in [6.07, 6.45) is 2.64. The van der Waals surface area contributed by atoms with E-state index in [-0.39, 0.29) is 69.7 Å². The Morgan fingerprint density at radius 3 is 2.33 bits per heavy atom. The Morgan fingerprint density at radius 1 is 1.04 bits per heavy atom. The van der Waals surface area contributed by atoms with Crippen LogP contribution in [0.2, 0.25) is 5.02 Å². The van der Waals surface area contributed by atoms with Crippen LogP contribution in [-0.2, 0) is 16.6 Å². The monoisotopic (exact) mass is 712 g/mol. The van der Waals surface area contributed by atoms with E-state index in [0.717, 1.165) is 0 Å². The van der Waals surface area contributed by atoms with Crippen molar-refractivity contribution in [2.75, 3.05) is 23.3 Å². The van der Waals surface area contributed by atoms with Gasteiger partial charge in [0.25, 0.3) is 5.56 Å². The third-order valence-corrected chi connectivity index (χ3v) is 10.4. The number of nitrogens with one attached hydrogen (secondary N) is 2. The molecule has 0 aliphatic carbocycles. The molecule has 1 saturated heterocycles. The first kappa shape index (κ1) is 34.2. The van der Waals surface area contributed by atoms with Gasteiger partial charge in [0.15, 0.2) is 5.82 Å². The second-order valence-corrected chi connectivity index (χ2v) is 14.4. The van der Waals surface area contributed by atoms with Gasteiger partial charge in [0, 0.05) is 36.1 Å². The number of hydrogen-bond acceptors (Lipinski definition) is 7. The number of fused-ring (bicyclic) bond motifs is 6. The van der Waals surface area contributed by atoms with E-state index in [2.05, 4.69) is 26.8 Å². The van der Waals surface area contributed by atoms with Crippen molar-refractivity contribution in [3.8, 4) is 16.8 Å². The van der Waals surface area contributed by atoms with E-state index in [9.17, 15) is 14.4 Å². The molecule has 0 radical (unpaired) electrons. The molecule has 2 aliphatic heterocycles. The maximum absolute atomic E-state index is 18.1. The van der Waals surface area contributed by atoms with Gasteiger partial charge >= 0.3 is 5.69 Å². The van der Waals surface area contributed by atoms with Crippen molar-refractivity contribution < 1.29 is 14.0 Å². The van der Waals surface area contributed by atoms with Crippen LogP contribution in [0, 0.1) is 12.7 Å². The number of carbonyl (C=O) groups excluding carboxylic acids is 2. The van der Waals surface area contributed by atoms with Gasteiger partial charge < -0.3 is 20.1 Å². The number of benzene rings is 2. The first-order valence-corrected chi connectivity index (χ1v) is 17.2. The summed E-state index contributed by atoms with van der Waals surface area (Å²) in [7, 11) is 1.59. The number of aromatic nitrogens is 5. The number of hydrogen-bond donors (Lipinski definition) is 2. The van der Waals surface area contributed by atoms with Gasteiger partial charge in [-0.3, -0.25) is 23.5 Å². The summed E-state index contributed by atoms with van der Waals surface area (Å²) in [4.78, 5) is 69.7. The predicted octanol–water partition coefficient (Wildman–Crippen LogP) is 5.52. The number of carbonyl (C=O) groups is 2. The molecular weight excluding hydrogens is 675 g/mol. The van der Waals surface area contributed by atoms with Crippen molar-refractivity contribution >= 4 is 56.7 Å². The van der Waals surface area contributed by atoms with Crippen molar-refractivity contribution in [3.05, 3.63) is 85.8 Å². The molecule has 5 heterocycles. The molecule has 12 nitrogen and oxygen atoms in total. The van der Waals surface area contributed by atoms with Crippen LogP contribution in [0.25, 0.3) is 38.8 Å². The highest BCUT2D eigenvalue weighted by Gasteiger charge is 2.44. The largest absolute Gasteiger partial charge is 0.354 e. The number of aryl methyl sites for hydroxylation is 2. The molecule has 0 bridgehead atoms. The van der Waals surface area contributed by atoms with Gasteiger partial charge in [0.1, 0.15) is 18.1 Å². The van der Waals surface area contributed by atoms with Crippen LogP contribution in [0.1, 0.15) is 63.4 Å². The molecule has 3 aromatic heterocycles. The van der Waals surface area contributed by atoms with E-state index in [0.29, 0.717) is 44.9 Å². The summed E-state index contributed by atoms with van der Waals surface area (Å²) in [6, 6.07) is 3.89. The molecule has 5 aromatic rings. The Morgan fingerprint density at radius 2 is 1.71 bits per heavy atom. The standard InChI is InChI=1S/C37H38ClFN8O4/c1-9-24(48)45-14-23-35(49)43-30-32(46(23)13-19(45)7)20-12-21(38)26(25-18(6)10-11-22-33(25)44(8)37(51)42-22)27(39)31(20)47(36(30)50)34-28(16(2)3)40-15-41-29(34)17(4)5/h9-12,15-17,19,23H,1,13-14H2,2-8H3,(H,42,51)(H,43,49). The molecule has 2 amide bonds. The van der Waals surface area contributed by atoms with Gasteiger partial charge in [-0.1, -0.05) is 51.9 Å². The zero-order chi connectivity index (χ0) is 36.8. The van der Waals surface area contributed by atoms with Crippen LogP contribution in [0.3, 0.4) is 0 Å². The fraction of sp³-hybridized carbons (Fsp3) is 0.351. The smallest absolute Gasteiger partial charge is 0.326 e. The molecule has 2 unspecified atom stereocenters. The second-order valence-electron chi connectivity index (χ2n) is 14.0. The van der Waals surface area contributed by atoms with Gasteiger partial charge in [-0.05, 0) is 49.5 Å².